The number of nitrogens with one attached hydrogen (secondary N) is 1. The molecule has 0 radical (unpaired) electrons. The van der Waals surface area contributed by atoms with E-state index in [1.807, 2.05) is 6.92 Å². The summed E-state index contributed by atoms with van der Waals surface area (Å²) in [6, 6.07) is 17.2. The first kappa shape index (κ1) is 18.9. The van der Waals surface area contributed by atoms with Crippen LogP contribution >= 0.6 is 0 Å². The van der Waals surface area contributed by atoms with Gasteiger partial charge in [0.1, 0.15) is 5.82 Å². The minimum atomic E-state index is 0.491. The minimum absolute atomic E-state index is 0.491. The van der Waals surface area contributed by atoms with Gasteiger partial charge in [-0.05, 0) is 64.3 Å². The summed E-state index contributed by atoms with van der Waals surface area (Å²) < 4.78 is 4.63. The molecule has 1 N–H and O–H groups in total. The smallest absolute Gasteiger partial charge is 0.184 e. The van der Waals surface area contributed by atoms with Gasteiger partial charge in [-0.2, -0.15) is 0 Å². The minimum Gasteiger partial charge on any atom is -0.379 e. The molecule has 0 amide bonds. The van der Waals surface area contributed by atoms with E-state index in [4.69, 9.17) is 0 Å². The van der Waals surface area contributed by atoms with Gasteiger partial charge in [0, 0.05) is 30.4 Å². The number of hydrogen-bond acceptors (Lipinski definition) is 4. The van der Waals surface area contributed by atoms with E-state index in [1.165, 1.54) is 48.0 Å². The number of anilines is 1. The van der Waals surface area contributed by atoms with E-state index in [2.05, 4.69) is 85.8 Å². The van der Waals surface area contributed by atoms with E-state index in [0.29, 0.717) is 18.1 Å². The number of pyridine rings is 1. The van der Waals surface area contributed by atoms with Gasteiger partial charge >= 0.3 is 0 Å². The van der Waals surface area contributed by atoms with Gasteiger partial charge < -0.3 is 14.8 Å². The highest BCUT2D eigenvalue weighted by Gasteiger charge is 2.38. The Balaban J connectivity index is 1.44. The fourth-order valence-electron chi connectivity index (χ4n) is 5.87. The Hall–Kier alpha value is -2.86. The highest BCUT2D eigenvalue weighted by molar-refractivity contribution is 5.88. The first-order valence-electron chi connectivity index (χ1n) is 11.5. The SMILES string of the molecule is Cc1cc2c(cc(NC3C[C@H]4CC[C@@H](C3)N4C)c3nnc(C)n32)n1Cc1ccccc1. The summed E-state index contributed by atoms with van der Waals surface area (Å²) in [7, 11) is 2.30. The molecule has 160 valence electrons. The number of fused-ring (bicyclic) bond motifs is 5. The summed E-state index contributed by atoms with van der Waals surface area (Å²) in [4.78, 5) is 2.59. The quantitative estimate of drug-likeness (QED) is 0.538. The van der Waals surface area contributed by atoms with Crippen molar-refractivity contribution in [2.75, 3.05) is 12.4 Å². The molecular weight excluding hydrogens is 384 g/mol. The van der Waals surface area contributed by atoms with Crippen molar-refractivity contribution in [1.82, 2.24) is 24.1 Å². The van der Waals surface area contributed by atoms with E-state index in [9.17, 15) is 0 Å². The average molecular weight is 415 g/mol. The highest BCUT2D eigenvalue weighted by Crippen LogP contribution is 2.36. The van der Waals surface area contributed by atoms with Crippen molar-refractivity contribution in [2.24, 2.45) is 0 Å². The summed E-state index contributed by atoms with van der Waals surface area (Å²) in [6.07, 6.45) is 5.07. The van der Waals surface area contributed by atoms with Crippen LogP contribution in [0.25, 0.3) is 16.7 Å². The molecule has 6 heteroatoms. The second-order valence-corrected chi connectivity index (χ2v) is 9.46. The molecule has 4 aromatic rings. The van der Waals surface area contributed by atoms with E-state index in [1.54, 1.807) is 0 Å². The number of benzene rings is 1. The lowest BCUT2D eigenvalue weighted by atomic mass is 9.98. The molecule has 1 unspecified atom stereocenters. The molecule has 3 aromatic heterocycles. The van der Waals surface area contributed by atoms with Crippen molar-refractivity contribution in [3.8, 4) is 0 Å². The Bertz CT molecular complexity index is 1240. The van der Waals surface area contributed by atoms with Gasteiger partial charge in [-0.3, -0.25) is 4.40 Å². The maximum absolute atomic E-state index is 4.56. The van der Waals surface area contributed by atoms with Gasteiger partial charge in [0.05, 0.1) is 16.7 Å². The van der Waals surface area contributed by atoms with Crippen molar-refractivity contribution in [3.05, 3.63) is 59.5 Å². The first-order valence-corrected chi connectivity index (χ1v) is 11.5. The summed E-state index contributed by atoms with van der Waals surface area (Å²) in [5.74, 6) is 0.934. The van der Waals surface area contributed by atoms with Crippen molar-refractivity contribution in [1.29, 1.82) is 0 Å². The second-order valence-electron chi connectivity index (χ2n) is 9.46. The van der Waals surface area contributed by atoms with Crippen LogP contribution < -0.4 is 5.32 Å². The lowest BCUT2D eigenvalue weighted by Crippen LogP contribution is -2.44. The Morgan fingerprint density at radius 1 is 0.968 bits per heavy atom. The molecule has 2 fully saturated rings. The second kappa shape index (κ2) is 7.09. The van der Waals surface area contributed by atoms with E-state index < -0.39 is 0 Å². The molecule has 2 saturated heterocycles. The maximum Gasteiger partial charge on any atom is 0.184 e. The zero-order valence-corrected chi connectivity index (χ0v) is 18.5. The number of aryl methyl sites for hydroxylation is 2. The summed E-state index contributed by atoms with van der Waals surface area (Å²) >= 11 is 0. The van der Waals surface area contributed by atoms with Crippen LogP contribution in [0.1, 0.15) is 42.8 Å². The van der Waals surface area contributed by atoms with Gasteiger partial charge in [-0.15, -0.1) is 10.2 Å². The monoisotopic (exact) mass is 414 g/mol. The fourth-order valence-corrected chi connectivity index (χ4v) is 5.87. The molecule has 31 heavy (non-hydrogen) atoms. The van der Waals surface area contributed by atoms with Crippen molar-refractivity contribution < 1.29 is 0 Å². The van der Waals surface area contributed by atoms with Crippen LogP contribution in [0.5, 0.6) is 0 Å². The van der Waals surface area contributed by atoms with Gasteiger partial charge in [0.15, 0.2) is 5.65 Å². The van der Waals surface area contributed by atoms with Gasteiger partial charge in [0.25, 0.3) is 0 Å². The predicted octanol–water partition coefficient (Wildman–Crippen LogP) is 4.39. The number of nitrogens with zero attached hydrogens (tertiary/aromatic N) is 5. The van der Waals surface area contributed by atoms with Crippen LogP contribution in [0.15, 0.2) is 42.5 Å². The molecule has 0 aliphatic carbocycles. The lowest BCUT2D eigenvalue weighted by molar-refractivity contribution is 0.169. The zero-order valence-electron chi connectivity index (χ0n) is 18.5. The summed E-state index contributed by atoms with van der Waals surface area (Å²) in [5, 5.41) is 12.9. The van der Waals surface area contributed by atoms with E-state index in [0.717, 1.165) is 23.7 Å². The van der Waals surface area contributed by atoms with Crippen molar-refractivity contribution in [2.45, 2.75) is 64.2 Å². The van der Waals surface area contributed by atoms with Crippen molar-refractivity contribution >= 4 is 22.4 Å². The molecular formula is C25H30N6. The number of aromatic nitrogens is 4. The number of rotatable bonds is 4. The third-order valence-electron chi connectivity index (χ3n) is 7.55. The summed E-state index contributed by atoms with van der Waals surface area (Å²) in [5.41, 5.74) is 7.02. The Kier molecular flexibility index (Phi) is 4.32. The van der Waals surface area contributed by atoms with Gasteiger partial charge in [0.2, 0.25) is 0 Å². The molecule has 0 saturated carbocycles. The number of piperidine rings is 1. The van der Waals surface area contributed by atoms with Crippen LogP contribution in [-0.4, -0.2) is 49.2 Å². The average Bonchev–Trinajstić information content (AvgIpc) is 3.35. The normalized spacial score (nSPS) is 23.8. The molecule has 1 aromatic carbocycles. The van der Waals surface area contributed by atoms with Crippen LogP contribution in [0.4, 0.5) is 5.69 Å². The van der Waals surface area contributed by atoms with Gasteiger partial charge in [-0.25, -0.2) is 0 Å². The van der Waals surface area contributed by atoms with Crippen LogP contribution in [0, 0.1) is 13.8 Å². The Morgan fingerprint density at radius 3 is 2.45 bits per heavy atom. The third kappa shape index (κ3) is 3.04. The molecule has 0 spiro atoms. The number of hydrogen-bond donors (Lipinski definition) is 1. The largest absolute Gasteiger partial charge is 0.379 e. The topological polar surface area (TPSA) is 50.4 Å². The Morgan fingerprint density at radius 2 is 1.71 bits per heavy atom. The third-order valence-corrected chi connectivity index (χ3v) is 7.55. The van der Waals surface area contributed by atoms with Crippen molar-refractivity contribution in [3.63, 3.8) is 0 Å². The molecule has 5 heterocycles. The van der Waals surface area contributed by atoms with Crippen LogP contribution in [0.2, 0.25) is 0 Å². The molecule has 2 aliphatic rings. The molecule has 6 rings (SSSR count). The first-order chi connectivity index (χ1) is 15.1. The molecule has 3 atom stereocenters. The molecule has 2 bridgehead atoms. The highest BCUT2D eigenvalue weighted by atomic mass is 15.3. The summed E-state index contributed by atoms with van der Waals surface area (Å²) in [6.45, 7) is 5.10. The van der Waals surface area contributed by atoms with Gasteiger partial charge in [-0.1, -0.05) is 30.3 Å². The zero-order chi connectivity index (χ0) is 21.1. The van der Waals surface area contributed by atoms with E-state index in [-0.39, 0.29) is 0 Å². The lowest BCUT2D eigenvalue weighted by Gasteiger charge is -2.37. The molecule has 6 nitrogen and oxygen atoms in total. The molecule has 2 aliphatic heterocycles. The predicted molar refractivity (Wildman–Crippen MR) is 125 cm³/mol. The fraction of sp³-hybridized carbons (Fsp3) is 0.440. The standard InChI is InChI=1S/C25H30N6/c1-16-11-24-23(30(16)15-18-7-5-4-6-8-18)14-22(25-28-27-17(2)31(24)25)26-19-12-20-9-10-21(13-19)29(20)3/h4-8,11,14,19-21,26H,9-10,12-13,15H2,1-3H3/t19?,20-,21+. The van der Waals surface area contributed by atoms with Crippen LogP contribution in [-0.2, 0) is 6.54 Å². The van der Waals surface area contributed by atoms with E-state index >= 15 is 0 Å². The Labute approximate surface area is 182 Å². The van der Waals surface area contributed by atoms with Crippen LogP contribution in [0.3, 0.4) is 0 Å². The maximum atomic E-state index is 4.56.